The molecular formula is C29H29N3O3. The highest BCUT2D eigenvalue weighted by molar-refractivity contribution is 5.91. The molecule has 1 N–H and O–H groups in total. The Balaban J connectivity index is 1.17. The molecule has 0 aliphatic heterocycles. The van der Waals surface area contributed by atoms with Crippen molar-refractivity contribution in [1.29, 1.82) is 0 Å². The molecule has 5 aromatic rings. The van der Waals surface area contributed by atoms with E-state index in [0.29, 0.717) is 18.9 Å². The third-order valence-electron chi connectivity index (χ3n) is 6.16. The lowest BCUT2D eigenvalue weighted by Crippen LogP contribution is -2.23. The summed E-state index contributed by atoms with van der Waals surface area (Å²) < 4.78 is 13.6. The summed E-state index contributed by atoms with van der Waals surface area (Å²) in [6.45, 7) is 1.94. The van der Waals surface area contributed by atoms with Crippen molar-refractivity contribution in [2.45, 2.75) is 32.2 Å². The minimum absolute atomic E-state index is 0.164. The molecule has 0 aliphatic rings. The second kappa shape index (κ2) is 10.9. The number of amides is 1. The molecule has 35 heavy (non-hydrogen) atoms. The van der Waals surface area contributed by atoms with E-state index in [4.69, 9.17) is 14.1 Å². The number of rotatable bonds is 11. The summed E-state index contributed by atoms with van der Waals surface area (Å²) in [5.41, 5.74) is 2.15. The van der Waals surface area contributed by atoms with E-state index in [-0.39, 0.29) is 5.91 Å². The number of para-hydroxylation sites is 2. The van der Waals surface area contributed by atoms with Crippen molar-refractivity contribution in [3.63, 3.8) is 0 Å². The number of fused-ring (bicyclic) bond motifs is 2. The molecule has 0 fully saturated rings. The van der Waals surface area contributed by atoms with Gasteiger partial charge in [-0.15, -0.1) is 0 Å². The van der Waals surface area contributed by atoms with Crippen LogP contribution in [0.2, 0.25) is 0 Å². The van der Waals surface area contributed by atoms with Gasteiger partial charge >= 0.3 is 0 Å². The number of unbranched alkanes of at least 4 members (excludes halogenated alkanes) is 2. The van der Waals surface area contributed by atoms with E-state index in [0.717, 1.165) is 60.2 Å². The number of nitrogens with zero attached hydrogens (tertiary/aromatic N) is 2. The Morgan fingerprint density at radius 2 is 1.77 bits per heavy atom. The molecule has 0 unspecified atom stereocenters. The van der Waals surface area contributed by atoms with Gasteiger partial charge in [-0.3, -0.25) is 4.79 Å². The topological polar surface area (TPSA) is 69.3 Å². The Kier molecular flexibility index (Phi) is 7.08. The van der Waals surface area contributed by atoms with Crippen molar-refractivity contribution in [1.82, 2.24) is 14.9 Å². The van der Waals surface area contributed by atoms with Gasteiger partial charge in [0.15, 0.2) is 5.76 Å². The number of carbonyl (C=O) groups excluding carboxylic acids is 1. The maximum Gasteiger partial charge on any atom is 0.286 e. The van der Waals surface area contributed by atoms with Crippen molar-refractivity contribution in [2.24, 2.45) is 0 Å². The van der Waals surface area contributed by atoms with Crippen molar-refractivity contribution < 1.29 is 13.9 Å². The third-order valence-corrected chi connectivity index (χ3v) is 6.16. The molecule has 5 rings (SSSR count). The van der Waals surface area contributed by atoms with Crippen molar-refractivity contribution in [3.05, 3.63) is 96.7 Å². The van der Waals surface area contributed by atoms with Crippen LogP contribution in [-0.2, 0) is 13.0 Å². The fraction of sp³-hybridized carbons (Fsp3) is 0.241. The fourth-order valence-corrected chi connectivity index (χ4v) is 4.42. The molecule has 0 aliphatic carbocycles. The number of furan rings is 1. The lowest BCUT2D eigenvalue weighted by Gasteiger charge is -2.12. The summed E-state index contributed by atoms with van der Waals surface area (Å²) in [4.78, 5) is 16.8. The summed E-state index contributed by atoms with van der Waals surface area (Å²) in [7, 11) is 0. The van der Waals surface area contributed by atoms with Gasteiger partial charge in [0.05, 0.1) is 23.8 Å². The second-order valence-electron chi connectivity index (χ2n) is 8.54. The Hall–Kier alpha value is -4.06. The molecule has 3 aromatic carbocycles. The predicted molar refractivity (Wildman–Crippen MR) is 138 cm³/mol. The van der Waals surface area contributed by atoms with Crippen LogP contribution in [0, 0.1) is 0 Å². The summed E-state index contributed by atoms with van der Waals surface area (Å²) in [5.74, 6) is 2.17. The summed E-state index contributed by atoms with van der Waals surface area (Å²) in [5, 5.41) is 5.21. The van der Waals surface area contributed by atoms with E-state index < -0.39 is 0 Å². The first-order valence-electron chi connectivity index (χ1n) is 12.2. The van der Waals surface area contributed by atoms with Gasteiger partial charge in [0.1, 0.15) is 18.2 Å². The number of nitrogens with one attached hydrogen (secondary N) is 1. The number of hydrogen-bond acceptors (Lipinski definition) is 4. The van der Waals surface area contributed by atoms with Crippen LogP contribution >= 0.6 is 0 Å². The van der Waals surface area contributed by atoms with E-state index >= 15 is 0 Å². The molecule has 0 saturated carbocycles. The molecule has 0 radical (unpaired) electrons. The number of benzene rings is 3. The molecule has 0 atom stereocenters. The monoisotopic (exact) mass is 467 g/mol. The number of carbonyl (C=O) groups is 1. The summed E-state index contributed by atoms with van der Waals surface area (Å²) in [6.07, 6.45) is 5.32. The Bertz CT molecular complexity index is 1400. The van der Waals surface area contributed by atoms with Crippen molar-refractivity contribution in [2.75, 3.05) is 13.2 Å². The minimum atomic E-state index is -0.164. The van der Waals surface area contributed by atoms with Gasteiger partial charge < -0.3 is 19.0 Å². The molecule has 0 spiro atoms. The molecular weight excluding hydrogens is 438 g/mol. The highest BCUT2D eigenvalue weighted by atomic mass is 16.5. The Morgan fingerprint density at radius 1 is 0.914 bits per heavy atom. The van der Waals surface area contributed by atoms with Crippen LogP contribution in [0.1, 0.15) is 35.6 Å². The largest absolute Gasteiger partial charge is 0.491 e. The minimum Gasteiger partial charge on any atom is -0.491 e. The fourth-order valence-electron chi connectivity index (χ4n) is 4.42. The second-order valence-corrected chi connectivity index (χ2v) is 8.54. The first kappa shape index (κ1) is 22.7. The van der Waals surface area contributed by atoms with Gasteiger partial charge in [-0.25, -0.2) is 4.98 Å². The van der Waals surface area contributed by atoms with E-state index in [1.807, 2.05) is 30.3 Å². The van der Waals surface area contributed by atoms with Crippen LogP contribution in [-0.4, -0.2) is 28.6 Å². The molecule has 0 saturated heterocycles. The number of aromatic nitrogens is 2. The number of aryl methyl sites for hydroxylation is 1. The maximum atomic E-state index is 11.9. The summed E-state index contributed by atoms with van der Waals surface area (Å²) in [6, 6.07) is 26.1. The van der Waals surface area contributed by atoms with E-state index in [9.17, 15) is 4.79 Å². The number of hydrogen-bond donors (Lipinski definition) is 1. The smallest absolute Gasteiger partial charge is 0.286 e. The van der Waals surface area contributed by atoms with Crippen molar-refractivity contribution in [3.8, 4) is 5.75 Å². The van der Waals surface area contributed by atoms with Gasteiger partial charge in [0.2, 0.25) is 0 Å². The van der Waals surface area contributed by atoms with Crippen LogP contribution in [0.25, 0.3) is 21.8 Å². The van der Waals surface area contributed by atoms with Gasteiger partial charge in [-0.1, -0.05) is 55.0 Å². The molecule has 2 heterocycles. The zero-order chi connectivity index (χ0) is 23.9. The zero-order valence-corrected chi connectivity index (χ0v) is 19.7. The third kappa shape index (κ3) is 5.38. The molecule has 6 heteroatoms. The Labute approximate surface area is 204 Å². The first-order valence-corrected chi connectivity index (χ1v) is 12.2. The maximum absolute atomic E-state index is 11.9. The standard InChI is InChI=1S/C29H29N3O3/c33-29(27-16-9-20-34-27)30-18-7-1-2-17-28-31-24-13-5-6-14-25(24)32(28)19-21-35-26-15-8-11-22-10-3-4-12-23(22)26/h3-6,8-16,20H,1-2,7,17-19,21H2,(H,30,33). The van der Waals surface area contributed by atoms with Crippen LogP contribution < -0.4 is 10.1 Å². The van der Waals surface area contributed by atoms with Crippen LogP contribution in [0.5, 0.6) is 5.75 Å². The quantitative estimate of drug-likeness (QED) is 0.242. The summed E-state index contributed by atoms with van der Waals surface area (Å²) >= 11 is 0. The lowest BCUT2D eigenvalue weighted by atomic mass is 10.1. The Morgan fingerprint density at radius 3 is 2.69 bits per heavy atom. The predicted octanol–water partition coefficient (Wildman–Crippen LogP) is 6.00. The molecule has 2 aromatic heterocycles. The number of ether oxygens (including phenoxy) is 1. The van der Waals surface area contributed by atoms with E-state index in [1.54, 1.807) is 12.1 Å². The van der Waals surface area contributed by atoms with Gasteiger partial charge in [0, 0.05) is 18.4 Å². The molecule has 6 nitrogen and oxygen atoms in total. The molecule has 0 bridgehead atoms. The van der Waals surface area contributed by atoms with E-state index in [1.165, 1.54) is 11.6 Å². The SMILES string of the molecule is O=C(NCCCCCc1nc2ccccc2n1CCOc1cccc2ccccc12)c1ccco1. The number of imidazole rings is 1. The first-order chi connectivity index (χ1) is 17.3. The lowest BCUT2D eigenvalue weighted by molar-refractivity contribution is 0.0925. The van der Waals surface area contributed by atoms with Crippen LogP contribution in [0.15, 0.2) is 89.5 Å². The highest BCUT2D eigenvalue weighted by Gasteiger charge is 2.11. The van der Waals surface area contributed by atoms with Gasteiger partial charge in [-0.05, 0) is 48.6 Å². The average molecular weight is 468 g/mol. The van der Waals surface area contributed by atoms with E-state index in [2.05, 4.69) is 46.3 Å². The molecule has 1 amide bonds. The average Bonchev–Trinajstić information content (AvgIpc) is 3.55. The highest BCUT2D eigenvalue weighted by Crippen LogP contribution is 2.25. The van der Waals surface area contributed by atoms with Crippen molar-refractivity contribution >= 4 is 27.7 Å². The van der Waals surface area contributed by atoms with Gasteiger partial charge in [-0.2, -0.15) is 0 Å². The van der Waals surface area contributed by atoms with Gasteiger partial charge in [0.25, 0.3) is 5.91 Å². The zero-order valence-electron chi connectivity index (χ0n) is 19.7. The van der Waals surface area contributed by atoms with Crippen LogP contribution in [0.3, 0.4) is 0 Å². The van der Waals surface area contributed by atoms with Crippen LogP contribution in [0.4, 0.5) is 0 Å². The normalized spacial score (nSPS) is 11.2. The molecule has 178 valence electrons.